The molecule has 0 N–H and O–H groups in total. The normalized spacial score (nSPS) is 10.3. The number of benzene rings is 1. The molecule has 0 aromatic heterocycles. The van der Waals surface area contributed by atoms with Crippen LogP contribution in [0.2, 0.25) is 0 Å². The minimum atomic E-state index is 0.739. The van der Waals surface area contributed by atoms with Crippen LogP contribution in [0.4, 0.5) is 0 Å². The van der Waals surface area contributed by atoms with Crippen LogP contribution in [0.5, 0.6) is 11.5 Å². The summed E-state index contributed by atoms with van der Waals surface area (Å²) < 4.78 is 12.5. The Balaban J connectivity index is 2.63. The van der Waals surface area contributed by atoms with Gasteiger partial charge >= 0.3 is 0 Å². The van der Waals surface area contributed by atoms with Gasteiger partial charge in [0.05, 0.1) is 17.7 Å². The molecule has 17 heavy (non-hydrogen) atoms. The Bertz CT molecular complexity index is 326. The third kappa shape index (κ3) is 4.99. The van der Waals surface area contributed by atoms with Crippen molar-refractivity contribution in [2.24, 2.45) is 0 Å². The zero-order valence-corrected chi connectivity index (χ0v) is 12.3. The quantitative estimate of drug-likeness (QED) is 0.642. The first-order valence-corrected chi connectivity index (χ1v) is 7.13. The van der Waals surface area contributed by atoms with Gasteiger partial charge in [-0.1, -0.05) is 32.8 Å². The van der Waals surface area contributed by atoms with Crippen molar-refractivity contribution < 1.29 is 9.47 Å². The van der Waals surface area contributed by atoms with Gasteiger partial charge in [0.15, 0.2) is 11.5 Å². The molecule has 0 atom stereocenters. The van der Waals surface area contributed by atoms with Gasteiger partial charge in [-0.25, -0.2) is 0 Å². The Morgan fingerprint density at radius 1 is 1.00 bits per heavy atom. The lowest BCUT2D eigenvalue weighted by Gasteiger charge is -2.13. The second-order valence-corrected chi connectivity index (χ2v) is 4.83. The minimum Gasteiger partial charge on any atom is -0.490 e. The van der Waals surface area contributed by atoms with Crippen molar-refractivity contribution in [1.29, 1.82) is 0 Å². The van der Waals surface area contributed by atoms with Crippen LogP contribution in [0.25, 0.3) is 0 Å². The van der Waals surface area contributed by atoms with Gasteiger partial charge in [0.1, 0.15) is 0 Å². The largest absolute Gasteiger partial charge is 0.490 e. The molecule has 1 aromatic rings. The number of unbranched alkanes of at least 4 members (excludes halogenated alkanes) is 2. The Morgan fingerprint density at radius 3 is 2.29 bits per heavy atom. The molecule has 96 valence electrons. The standard InChI is InChI=1S/C14H21BrO2/c1-3-5-10-16-13-9-7-8-12(15)14(13)17-11-6-4-2/h7-9H,3-6,10-11H2,1-2H3. The average molecular weight is 301 g/mol. The lowest BCUT2D eigenvalue weighted by Crippen LogP contribution is -2.02. The van der Waals surface area contributed by atoms with Crippen LogP contribution < -0.4 is 9.47 Å². The van der Waals surface area contributed by atoms with Crippen molar-refractivity contribution in [2.45, 2.75) is 39.5 Å². The molecule has 0 amide bonds. The molecule has 0 aliphatic rings. The van der Waals surface area contributed by atoms with E-state index >= 15 is 0 Å². The summed E-state index contributed by atoms with van der Waals surface area (Å²) in [6.07, 6.45) is 4.41. The molecule has 1 aromatic carbocycles. The van der Waals surface area contributed by atoms with Crippen LogP contribution >= 0.6 is 15.9 Å². The van der Waals surface area contributed by atoms with E-state index in [0.29, 0.717) is 0 Å². The second-order valence-electron chi connectivity index (χ2n) is 3.97. The van der Waals surface area contributed by atoms with Gasteiger partial charge in [0.2, 0.25) is 0 Å². The summed E-state index contributed by atoms with van der Waals surface area (Å²) in [5.41, 5.74) is 0. The van der Waals surface area contributed by atoms with Crippen molar-refractivity contribution >= 4 is 15.9 Å². The fourth-order valence-electron chi connectivity index (χ4n) is 1.39. The fraction of sp³-hybridized carbons (Fsp3) is 0.571. The van der Waals surface area contributed by atoms with Crippen molar-refractivity contribution in [3.63, 3.8) is 0 Å². The SMILES string of the molecule is CCCCOc1cccc(Br)c1OCCCC. The molecule has 0 saturated carbocycles. The van der Waals surface area contributed by atoms with E-state index in [1.165, 1.54) is 0 Å². The molecule has 0 aliphatic heterocycles. The first-order valence-electron chi connectivity index (χ1n) is 6.33. The number of hydrogen-bond acceptors (Lipinski definition) is 2. The van der Waals surface area contributed by atoms with Crippen LogP contribution in [0, 0.1) is 0 Å². The highest BCUT2D eigenvalue weighted by molar-refractivity contribution is 9.10. The summed E-state index contributed by atoms with van der Waals surface area (Å²) in [4.78, 5) is 0. The van der Waals surface area contributed by atoms with Crippen LogP contribution in [0.3, 0.4) is 0 Å². The molecule has 3 heteroatoms. The smallest absolute Gasteiger partial charge is 0.175 e. The molecule has 0 aliphatic carbocycles. The Labute approximate surface area is 112 Å². The molecular formula is C14H21BrO2. The third-order valence-corrected chi connectivity index (χ3v) is 3.06. The summed E-state index contributed by atoms with van der Waals surface area (Å²) in [5, 5.41) is 0. The topological polar surface area (TPSA) is 18.5 Å². The lowest BCUT2D eigenvalue weighted by atomic mass is 10.3. The first-order chi connectivity index (χ1) is 8.29. The molecule has 1 rings (SSSR count). The Kier molecular flexibility index (Phi) is 7.10. The Morgan fingerprint density at radius 2 is 1.65 bits per heavy atom. The first kappa shape index (κ1) is 14.4. The fourth-order valence-corrected chi connectivity index (χ4v) is 1.85. The zero-order valence-electron chi connectivity index (χ0n) is 10.7. The van der Waals surface area contributed by atoms with E-state index in [9.17, 15) is 0 Å². The van der Waals surface area contributed by atoms with Gasteiger partial charge in [-0.2, -0.15) is 0 Å². The van der Waals surface area contributed by atoms with E-state index in [4.69, 9.17) is 9.47 Å². The molecule has 2 nitrogen and oxygen atoms in total. The third-order valence-electron chi connectivity index (χ3n) is 2.43. The molecule has 0 heterocycles. The highest BCUT2D eigenvalue weighted by Crippen LogP contribution is 2.35. The maximum absolute atomic E-state index is 5.77. The van der Waals surface area contributed by atoms with Crippen LogP contribution in [0.15, 0.2) is 22.7 Å². The van der Waals surface area contributed by atoms with Gasteiger partial charge in [0.25, 0.3) is 0 Å². The van der Waals surface area contributed by atoms with E-state index < -0.39 is 0 Å². The van der Waals surface area contributed by atoms with Gasteiger partial charge in [-0.05, 0) is 40.9 Å². The van der Waals surface area contributed by atoms with Crippen molar-refractivity contribution in [1.82, 2.24) is 0 Å². The monoisotopic (exact) mass is 300 g/mol. The maximum Gasteiger partial charge on any atom is 0.175 e. The average Bonchev–Trinajstić information content (AvgIpc) is 2.33. The number of rotatable bonds is 8. The molecule has 0 fully saturated rings. The predicted molar refractivity (Wildman–Crippen MR) is 74.9 cm³/mol. The van der Waals surface area contributed by atoms with Crippen molar-refractivity contribution in [2.75, 3.05) is 13.2 Å². The highest BCUT2D eigenvalue weighted by Gasteiger charge is 2.08. The molecule has 0 unspecified atom stereocenters. The highest BCUT2D eigenvalue weighted by atomic mass is 79.9. The second kappa shape index (κ2) is 8.40. The summed E-state index contributed by atoms with van der Waals surface area (Å²) in [7, 11) is 0. The summed E-state index contributed by atoms with van der Waals surface area (Å²) in [6, 6.07) is 5.91. The van der Waals surface area contributed by atoms with E-state index in [0.717, 1.165) is 54.9 Å². The summed E-state index contributed by atoms with van der Waals surface area (Å²) in [6.45, 7) is 5.80. The van der Waals surface area contributed by atoms with Crippen LogP contribution in [-0.2, 0) is 0 Å². The number of para-hydroxylation sites is 1. The summed E-state index contributed by atoms with van der Waals surface area (Å²) in [5.74, 6) is 1.67. The van der Waals surface area contributed by atoms with E-state index in [1.54, 1.807) is 0 Å². The van der Waals surface area contributed by atoms with Crippen LogP contribution in [0.1, 0.15) is 39.5 Å². The Hall–Kier alpha value is -0.700. The number of halogens is 1. The predicted octanol–water partition coefficient (Wildman–Crippen LogP) is 4.81. The van der Waals surface area contributed by atoms with E-state index in [-0.39, 0.29) is 0 Å². The molecular weight excluding hydrogens is 280 g/mol. The lowest BCUT2D eigenvalue weighted by molar-refractivity contribution is 0.260. The van der Waals surface area contributed by atoms with Crippen molar-refractivity contribution in [3.05, 3.63) is 22.7 Å². The van der Waals surface area contributed by atoms with Crippen LogP contribution in [-0.4, -0.2) is 13.2 Å². The molecule has 0 bridgehead atoms. The van der Waals surface area contributed by atoms with E-state index in [1.807, 2.05) is 18.2 Å². The van der Waals surface area contributed by atoms with Gasteiger partial charge in [0, 0.05) is 0 Å². The van der Waals surface area contributed by atoms with Gasteiger partial charge in [-0.15, -0.1) is 0 Å². The number of ether oxygens (including phenoxy) is 2. The minimum absolute atomic E-state index is 0.739. The summed E-state index contributed by atoms with van der Waals surface area (Å²) >= 11 is 3.50. The van der Waals surface area contributed by atoms with Gasteiger partial charge in [-0.3, -0.25) is 0 Å². The number of hydrogen-bond donors (Lipinski definition) is 0. The van der Waals surface area contributed by atoms with Gasteiger partial charge < -0.3 is 9.47 Å². The zero-order chi connectivity index (χ0) is 12.5. The molecule has 0 radical (unpaired) electrons. The maximum atomic E-state index is 5.77. The van der Waals surface area contributed by atoms with Crippen molar-refractivity contribution in [3.8, 4) is 11.5 Å². The molecule has 0 saturated heterocycles. The van der Waals surface area contributed by atoms with E-state index in [2.05, 4.69) is 29.8 Å². The molecule has 0 spiro atoms.